The third-order valence-electron chi connectivity index (χ3n) is 5.19. The summed E-state index contributed by atoms with van der Waals surface area (Å²) in [4.78, 5) is 27.2. The fourth-order valence-corrected chi connectivity index (χ4v) is 3.85. The van der Waals surface area contributed by atoms with E-state index in [1.165, 1.54) is 11.0 Å². The molecule has 28 heavy (non-hydrogen) atoms. The number of benzene rings is 2. The van der Waals surface area contributed by atoms with E-state index < -0.39 is 23.6 Å². The van der Waals surface area contributed by atoms with Crippen molar-refractivity contribution in [1.82, 2.24) is 4.90 Å². The highest BCUT2D eigenvalue weighted by Gasteiger charge is 2.54. The van der Waals surface area contributed by atoms with Crippen LogP contribution in [0.1, 0.15) is 34.0 Å². The zero-order chi connectivity index (χ0) is 19.9. The molecule has 6 nitrogen and oxygen atoms in total. The highest BCUT2D eigenvalue weighted by Crippen LogP contribution is 2.41. The molecule has 2 aromatic carbocycles. The van der Waals surface area contributed by atoms with Crippen LogP contribution in [-0.4, -0.2) is 40.3 Å². The Balaban J connectivity index is 1.60. The minimum atomic E-state index is -1.000. The summed E-state index contributed by atoms with van der Waals surface area (Å²) in [7, 11) is 0. The summed E-state index contributed by atoms with van der Waals surface area (Å²) in [6.45, 7) is 1.90. The maximum Gasteiger partial charge on any atom is 0.331 e. The lowest BCUT2D eigenvalue weighted by Gasteiger charge is -2.40. The van der Waals surface area contributed by atoms with Crippen LogP contribution in [0.25, 0.3) is 0 Å². The van der Waals surface area contributed by atoms with Crippen LogP contribution in [0.2, 0.25) is 0 Å². The molecule has 1 saturated heterocycles. The lowest BCUT2D eigenvalue weighted by atomic mass is 9.89. The highest BCUT2D eigenvalue weighted by atomic mass is 16.6. The fourth-order valence-electron chi connectivity index (χ4n) is 3.85. The number of terminal acetylenes is 1. The number of hydrogen-bond donors (Lipinski definition) is 1. The lowest BCUT2D eigenvalue weighted by Crippen LogP contribution is -2.56. The molecule has 0 aliphatic carbocycles. The maximum atomic E-state index is 13.1. The van der Waals surface area contributed by atoms with Crippen molar-refractivity contribution in [3.05, 3.63) is 64.7 Å². The van der Waals surface area contributed by atoms with Crippen molar-refractivity contribution in [3.8, 4) is 18.1 Å². The Hall–Kier alpha value is -3.30. The minimum absolute atomic E-state index is 0.0343. The van der Waals surface area contributed by atoms with Gasteiger partial charge in [-0.3, -0.25) is 9.69 Å². The van der Waals surface area contributed by atoms with Gasteiger partial charge in [-0.05, 0) is 30.2 Å². The first-order chi connectivity index (χ1) is 13.4. The molecule has 2 atom stereocenters. The summed E-state index contributed by atoms with van der Waals surface area (Å²) in [5, 5.41) is 10.3. The van der Waals surface area contributed by atoms with Gasteiger partial charge >= 0.3 is 5.97 Å². The molecular formula is C22H19NO5. The van der Waals surface area contributed by atoms with Gasteiger partial charge in [0.1, 0.15) is 18.1 Å². The number of amides is 1. The summed E-state index contributed by atoms with van der Waals surface area (Å²) < 4.78 is 11.2. The van der Waals surface area contributed by atoms with Gasteiger partial charge in [-0.15, -0.1) is 6.42 Å². The van der Waals surface area contributed by atoms with Gasteiger partial charge in [0.25, 0.3) is 5.91 Å². The van der Waals surface area contributed by atoms with Crippen LogP contribution in [0.15, 0.2) is 42.5 Å². The van der Waals surface area contributed by atoms with Crippen LogP contribution in [-0.2, 0) is 27.3 Å². The van der Waals surface area contributed by atoms with Gasteiger partial charge < -0.3 is 14.6 Å². The zero-order valence-corrected chi connectivity index (χ0v) is 15.3. The Labute approximate surface area is 162 Å². The van der Waals surface area contributed by atoms with Gasteiger partial charge in [0.2, 0.25) is 0 Å². The van der Waals surface area contributed by atoms with Crippen molar-refractivity contribution in [1.29, 1.82) is 0 Å². The summed E-state index contributed by atoms with van der Waals surface area (Å²) in [6.07, 6.45) is 5.74. The maximum absolute atomic E-state index is 13.1. The first-order valence-electron chi connectivity index (χ1n) is 8.93. The van der Waals surface area contributed by atoms with Crippen LogP contribution >= 0.6 is 0 Å². The quantitative estimate of drug-likeness (QED) is 0.656. The van der Waals surface area contributed by atoms with E-state index >= 15 is 0 Å². The van der Waals surface area contributed by atoms with Crippen LogP contribution in [0.3, 0.4) is 0 Å². The van der Waals surface area contributed by atoms with Crippen LogP contribution < -0.4 is 0 Å². The topological polar surface area (TPSA) is 76.1 Å². The molecule has 2 aliphatic heterocycles. The number of rotatable bonds is 3. The molecule has 0 unspecified atom stereocenters. The Bertz CT molecular complexity index is 994. The van der Waals surface area contributed by atoms with Crippen LogP contribution in [0.5, 0.6) is 5.75 Å². The second kappa shape index (κ2) is 6.70. The molecule has 1 N–H and O–H groups in total. The number of aromatic hydroxyl groups is 1. The van der Waals surface area contributed by atoms with Gasteiger partial charge in [-0.25, -0.2) is 4.79 Å². The summed E-state index contributed by atoms with van der Waals surface area (Å²) in [5.74, 6) is 1.26. The molecule has 0 bridgehead atoms. The summed E-state index contributed by atoms with van der Waals surface area (Å²) >= 11 is 0. The van der Waals surface area contributed by atoms with E-state index in [-0.39, 0.29) is 24.5 Å². The predicted octanol–water partition coefficient (Wildman–Crippen LogP) is 2.23. The molecule has 2 aromatic rings. The molecule has 1 fully saturated rings. The van der Waals surface area contributed by atoms with Gasteiger partial charge in [0.05, 0.1) is 12.2 Å². The zero-order valence-electron chi connectivity index (χ0n) is 15.3. The Kier molecular flexibility index (Phi) is 4.33. The molecular weight excluding hydrogens is 358 g/mol. The van der Waals surface area contributed by atoms with E-state index in [0.29, 0.717) is 17.5 Å². The molecule has 142 valence electrons. The van der Waals surface area contributed by atoms with Gasteiger partial charge in [0.15, 0.2) is 6.04 Å². The van der Waals surface area contributed by atoms with Crippen molar-refractivity contribution in [3.63, 3.8) is 0 Å². The van der Waals surface area contributed by atoms with E-state index in [2.05, 4.69) is 5.92 Å². The number of esters is 1. The number of ether oxygens (including phenoxy) is 2. The first kappa shape index (κ1) is 18.1. The second-order valence-electron chi connectivity index (χ2n) is 7.12. The number of carbonyl (C=O) groups excluding carboxylic acids is 2. The second-order valence-corrected chi connectivity index (χ2v) is 7.12. The molecule has 2 aliphatic rings. The van der Waals surface area contributed by atoms with E-state index in [4.69, 9.17) is 15.9 Å². The number of carbonyl (C=O) groups is 2. The largest absolute Gasteiger partial charge is 0.507 e. The molecule has 0 saturated carbocycles. The molecule has 1 amide bonds. The first-order valence-corrected chi connectivity index (χ1v) is 8.93. The number of fused-ring (bicyclic) bond motifs is 2. The minimum Gasteiger partial charge on any atom is -0.507 e. The van der Waals surface area contributed by atoms with E-state index in [1.54, 1.807) is 13.0 Å². The van der Waals surface area contributed by atoms with Crippen molar-refractivity contribution < 1.29 is 24.2 Å². The average molecular weight is 377 g/mol. The standard InChI is InChI=1S/C22H19NO5/c1-3-14-9-16-11-22(2)23(20(25)19(16)18(24)10-14)17(13-28-22)21(26)27-12-15-7-5-4-6-8-15/h1,4-10,17,24H,11-13H2,2H3/t17-,22-/m1/s1. The molecule has 2 heterocycles. The summed E-state index contributed by atoms with van der Waals surface area (Å²) in [6, 6.07) is 11.5. The van der Waals surface area contributed by atoms with Gasteiger partial charge in [0, 0.05) is 12.0 Å². The molecule has 0 spiro atoms. The molecule has 4 rings (SSSR count). The Morgan fingerprint density at radius 3 is 2.86 bits per heavy atom. The van der Waals surface area contributed by atoms with Crippen molar-refractivity contribution >= 4 is 11.9 Å². The smallest absolute Gasteiger partial charge is 0.331 e. The molecule has 6 heteroatoms. The third-order valence-corrected chi connectivity index (χ3v) is 5.19. The number of phenols is 1. The van der Waals surface area contributed by atoms with Gasteiger partial charge in [-0.1, -0.05) is 36.3 Å². The van der Waals surface area contributed by atoms with Crippen molar-refractivity contribution in [2.75, 3.05) is 6.61 Å². The fraction of sp³-hybridized carbons (Fsp3) is 0.273. The SMILES string of the molecule is C#Cc1cc(O)c2c(c1)C[C@@]1(C)OC[C@H](C(=O)OCc3ccccc3)N1C2=O. The Morgan fingerprint density at radius 2 is 2.14 bits per heavy atom. The van der Waals surface area contributed by atoms with Crippen molar-refractivity contribution in [2.45, 2.75) is 31.7 Å². The highest BCUT2D eigenvalue weighted by molar-refractivity contribution is 6.02. The Morgan fingerprint density at radius 1 is 1.39 bits per heavy atom. The van der Waals surface area contributed by atoms with E-state index in [1.807, 2.05) is 30.3 Å². The van der Waals surface area contributed by atoms with E-state index in [9.17, 15) is 14.7 Å². The summed E-state index contributed by atoms with van der Waals surface area (Å²) in [5.41, 5.74) is 1.10. The van der Waals surface area contributed by atoms with Crippen LogP contribution in [0, 0.1) is 12.3 Å². The molecule has 0 aromatic heterocycles. The number of nitrogens with zero attached hydrogens (tertiary/aromatic N) is 1. The third kappa shape index (κ3) is 2.90. The normalized spacial score (nSPS) is 22.9. The lowest BCUT2D eigenvalue weighted by molar-refractivity contribution is -0.150. The number of hydrogen-bond acceptors (Lipinski definition) is 5. The predicted molar refractivity (Wildman–Crippen MR) is 100 cm³/mol. The van der Waals surface area contributed by atoms with Crippen molar-refractivity contribution in [2.24, 2.45) is 0 Å². The van der Waals surface area contributed by atoms with Crippen LogP contribution in [0.4, 0.5) is 0 Å². The number of phenolic OH excluding ortho intramolecular Hbond substituents is 1. The molecule has 0 radical (unpaired) electrons. The monoisotopic (exact) mass is 377 g/mol. The van der Waals surface area contributed by atoms with Gasteiger partial charge in [-0.2, -0.15) is 0 Å². The van der Waals surface area contributed by atoms with E-state index in [0.717, 1.165) is 5.56 Å². The average Bonchev–Trinajstić information content (AvgIpc) is 3.04.